The van der Waals surface area contributed by atoms with Crippen molar-refractivity contribution in [2.24, 2.45) is 5.92 Å². The van der Waals surface area contributed by atoms with Gasteiger partial charge in [-0.2, -0.15) is 5.10 Å². The Morgan fingerprint density at radius 3 is 2.76 bits per heavy atom. The van der Waals surface area contributed by atoms with Crippen molar-refractivity contribution in [3.05, 3.63) is 52.0 Å². The SMILES string of the molecule is COCC1CCN(C(=O)C2CCCn3c2nn(Cc2cccc(F)c2)c3=O)CC1. The van der Waals surface area contributed by atoms with Crippen LogP contribution in [0.4, 0.5) is 4.39 Å². The number of fused-ring (bicyclic) bond motifs is 1. The van der Waals surface area contributed by atoms with Crippen molar-refractivity contribution < 1.29 is 13.9 Å². The number of carbonyl (C=O) groups is 1. The number of nitrogens with zero attached hydrogens (tertiary/aromatic N) is 4. The first kappa shape index (κ1) is 19.8. The van der Waals surface area contributed by atoms with Crippen LogP contribution in [0.1, 0.15) is 43.0 Å². The molecule has 2 aliphatic rings. The number of ether oxygens (including phenoxy) is 1. The van der Waals surface area contributed by atoms with E-state index in [1.54, 1.807) is 23.8 Å². The van der Waals surface area contributed by atoms with E-state index in [1.165, 1.54) is 16.8 Å². The third-order valence-corrected chi connectivity index (χ3v) is 5.99. The molecule has 0 saturated carbocycles. The molecule has 7 nitrogen and oxygen atoms in total. The molecule has 29 heavy (non-hydrogen) atoms. The topological polar surface area (TPSA) is 69.4 Å². The summed E-state index contributed by atoms with van der Waals surface area (Å²) in [4.78, 5) is 27.9. The predicted octanol–water partition coefficient (Wildman–Crippen LogP) is 1.99. The smallest absolute Gasteiger partial charge is 0.346 e. The van der Waals surface area contributed by atoms with Gasteiger partial charge in [-0.15, -0.1) is 0 Å². The van der Waals surface area contributed by atoms with E-state index < -0.39 is 0 Å². The number of piperidine rings is 1. The molecule has 1 atom stereocenters. The van der Waals surface area contributed by atoms with Crippen LogP contribution in [-0.4, -0.2) is 52.0 Å². The van der Waals surface area contributed by atoms with Crippen molar-refractivity contribution >= 4 is 5.91 Å². The molecule has 0 aliphatic carbocycles. The van der Waals surface area contributed by atoms with Crippen LogP contribution >= 0.6 is 0 Å². The monoisotopic (exact) mass is 402 g/mol. The minimum atomic E-state index is -0.385. The van der Waals surface area contributed by atoms with Crippen molar-refractivity contribution in [3.63, 3.8) is 0 Å². The molecule has 0 N–H and O–H groups in total. The first-order chi connectivity index (χ1) is 14.1. The van der Waals surface area contributed by atoms with Crippen molar-refractivity contribution in [2.75, 3.05) is 26.8 Å². The van der Waals surface area contributed by atoms with Gasteiger partial charge >= 0.3 is 5.69 Å². The van der Waals surface area contributed by atoms with E-state index in [9.17, 15) is 14.0 Å². The molecule has 1 saturated heterocycles. The zero-order valence-electron chi connectivity index (χ0n) is 16.7. The van der Waals surface area contributed by atoms with Crippen LogP contribution in [0.2, 0.25) is 0 Å². The van der Waals surface area contributed by atoms with Gasteiger partial charge in [-0.3, -0.25) is 9.36 Å². The fourth-order valence-electron chi connectivity index (χ4n) is 4.43. The van der Waals surface area contributed by atoms with Gasteiger partial charge in [-0.1, -0.05) is 12.1 Å². The van der Waals surface area contributed by atoms with Crippen molar-refractivity contribution in [2.45, 2.75) is 44.7 Å². The maximum atomic E-state index is 13.5. The van der Waals surface area contributed by atoms with Gasteiger partial charge in [0.05, 0.1) is 12.5 Å². The number of likely N-dealkylation sites (tertiary alicyclic amines) is 1. The van der Waals surface area contributed by atoms with E-state index in [0.29, 0.717) is 30.3 Å². The van der Waals surface area contributed by atoms with Crippen LogP contribution in [0.5, 0.6) is 0 Å². The van der Waals surface area contributed by atoms with Crippen LogP contribution in [0, 0.1) is 11.7 Å². The first-order valence-electron chi connectivity index (χ1n) is 10.3. The minimum absolute atomic E-state index is 0.0599. The minimum Gasteiger partial charge on any atom is -0.384 e. The maximum Gasteiger partial charge on any atom is 0.346 e. The molecule has 1 aromatic heterocycles. The molecule has 4 rings (SSSR count). The number of methoxy groups -OCH3 is 1. The largest absolute Gasteiger partial charge is 0.384 e. The highest BCUT2D eigenvalue weighted by molar-refractivity contribution is 5.83. The number of carbonyl (C=O) groups excluding carboxylic acids is 1. The number of benzene rings is 1. The van der Waals surface area contributed by atoms with Crippen molar-refractivity contribution in [1.29, 1.82) is 0 Å². The fourth-order valence-corrected chi connectivity index (χ4v) is 4.43. The first-order valence-corrected chi connectivity index (χ1v) is 10.3. The van der Waals surface area contributed by atoms with Gasteiger partial charge in [-0.25, -0.2) is 13.9 Å². The van der Waals surface area contributed by atoms with Crippen molar-refractivity contribution in [3.8, 4) is 0 Å². The average molecular weight is 402 g/mol. The highest BCUT2D eigenvalue weighted by Gasteiger charge is 2.35. The van der Waals surface area contributed by atoms with Crippen LogP contribution in [0.15, 0.2) is 29.1 Å². The van der Waals surface area contributed by atoms with E-state index in [2.05, 4.69) is 5.10 Å². The van der Waals surface area contributed by atoms with Crippen LogP contribution in [0.25, 0.3) is 0 Å². The third-order valence-electron chi connectivity index (χ3n) is 5.99. The van der Waals surface area contributed by atoms with Gasteiger partial charge in [0.25, 0.3) is 0 Å². The van der Waals surface area contributed by atoms with E-state index in [1.807, 2.05) is 4.90 Å². The summed E-state index contributed by atoms with van der Waals surface area (Å²) in [5.74, 6) is 0.374. The quantitative estimate of drug-likeness (QED) is 0.767. The third kappa shape index (κ3) is 4.12. The van der Waals surface area contributed by atoms with Gasteiger partial charge in [0.15, 0.2) is 0 Å². The van der Waals surface area contributed by atoms with E-state index in [-0.39, 0.29) is 29.9 Å². The lowest BCUT2D eigenvalue weighted by Gasteiger charge is -2.34. The Morgan fingerprint density at radius 2 is 2.03 bits per heavy atom. The zero-order valence-corrected chi connectivity index (χ0v) is 16.7. The standard InChI is InChI=1S/C21H27FN4O3/c1-29-14-15-7-10-24(11-8-15)20(27)18-6-3-9-25-19(18)23-26(21(25)28)13-16-4-2-5-17(22)12-16/h2,4-5,12,15,18H,3,6-11,13-14H2,1H3. The molecule has 1 unspecified atom stereocenters. The van der Waals surface area contributed by atoms with Gasteiger partial charge in [0.1, 0.15) is 11.6 Å². The Morgan fingerprint density at radius 1 is 1.24 bits per heavy atom. The molecular formula is C21H27FN4O3. The lowest BCUT2D eigenvalue weighted by Crippen LogP contribution is -2.43. The molecular weight excluding hydrogens is 375 g/mol. The summed E-state index contributed by atoms with van der Waals surface area (Å²) < 4.78 is 21.7. The number of hydrogen-bond acceptors (Lipinski definition) is 4. The summed E-state index contributed by atoms with van der Waals surface area (Å²) in [5.41, 5.74) is 0.436. The molecule has 156 valence electrons. The summed E-state index contributed by atoms with van der Waals surface area (Å²) in [6.45, 7) is 2.93. The molecule has 3 heterocycles. The van der Waals surface area contributed by atoms with Crippen LogP contribution in [-0.2, 0) is 22.6 Å². The Bertz CT molecular complexity index is 930. The maximum absolute atomic E-state index is 13.5. The number of aromatic nitrogens is 3. The second-order valence-electron chi connectivity index (χ2n) is 8.00. The summed E-state index contributed by atoms with van der Waals surface area (Å²) in [6, 6.07) is 6.15. The summed E-state index contributed by atoms with van der Waals surface area (Å²) in [6.07, 6.45) is 3.35. The van der Waals surface area contributed by atoms with Gasteiger partial charge in [0, 0.05) is 33.4 Å². The lowest BCUT2D eigenvalue weighted by atomic mass is 9.93. The molecule has 0 spiro atoms. The highest BCUT2D eigenvalue weighted by Crippen LogP contribution is 2.28. The molecule has 1 aromatic carbocycles. The van der Waals surface area contributed by atoms with Crippen molar-refractivity contribution in [1.82, 2.24) is 19.2 Å². The van der Waals surface area contributed by atoms with Gasteiger partial charge in [0.2, 0.25) is 5.91 Å². The zero-order chi connectivity index (χ0) is 20.4. The fraction of sp³-hybridized carbons (Fsp3) is 0.571. The Labute approximate surface area is 169 Å². The normalized spacial score (nSPS) is 19.9. The Balaban J connectivity index is 1.52. The summed E-state index contributed by atoms with van der Waals surface area (Å²) in [5, 5.41) is 4.49. The number of rotatable bonds is 5. The summed E-state index contributed by atoms with van der Waals surface area (Å²) >= 11 is 0. The van der Waals surface area contributed by atoms with Crippen LogP contribution < -0.4 is 5.69 Å². The van der Waals surface area contributed by atoms with E-state index in [0.717, 1.165) is 39.0 Å². The molecule has 1 fully saturated rings. The van der Waals surface area contributed by atoms with E-state index in [4.69, 9.17) is 4.74 Å². The van der Waals surface area contributed by atoms with Crippen LogP contribution in [0.3, 0.4) is 0 Å². The molecule has 1 amide bonds. The summed E-state index contributed by atoms with van der Waals surface area (Å²) in [7, 11) is 1.71. The highest BCUT2D eigenvalue weighted by atomic mass is 19.1. The van der Waals surface area contributed by atoms with Gasteiger partial charge < -0.3 is 9.64 Å². The number of amides is 1. The average Bonchev–Trinajstić information content (AvgIpc) is 3.04. The second kappa shape index (κ2) is 8.49. The Kier molecular flexibility index (Phi) is 5.80. The Hall–Kier alpha value is -2.48. The number of halogens is 1. The molecule has 2 aliphatic heterocycles. The molecule has 2 aromatic rings. The molecule has 0 radical (unpaired) electrons. The lowest BCUT2D eigenvalue weighted by molar-refractivity contribution is -0.135. The van der Waals surface area contributed by atoms with E-state index >= 15 is 0 Å². The predicted molar refractivity (Wildman–Crippen MR) is 105 cm³/mol. The molecule has 0 bridgehead atoms. The number of hydrogen-bond donors (Lipinski definition) is 0. The second-order valence-corrected chi connectivity index (χ2v) is 8.00. The van der Waals surface area contributed by atoms with Gasteiger partial charge in [-0.05, 0) is 49.3 Å². The molecule has 8 heteroatoms.